The number of nitrogens with zero attached hydrogens (tertiary/aromatic N) is 1. The van der Waals surface area contributed by atoms with Crippen LogP contribution in [0.25, 0.3) is 11.1 Å². The summed E-state index contributed by atoms with van der Waals surface area (Å²) in [7, 11) is 0. The Kier molecular flexibility index (Phi) is 4.20. The van der Waals surface area contributed by atoms with Crippen molar-refractivity contribution in [2.45, 2.75) is 19.8 Å². The fourth-order valence-corrected chi connectivity index (χ4v) is 4.52. The molecule has 1 aliphatic heterocycles. The maximum atomic E-state index is 12.8. The van der Waals surface area contributed by atoms with Gasteiger partial charge in [-0.1, -0.05) is 42.5 Å². The van der Waals surface area contributed by atoms with Gasteiger partial charge in [0.1, 0.15) is 0 Å². The Balaban J connectivity index is 1.60. The van der Waals surface area contributed by atoms with Gasteiger partial charge >= 0.3 is 0 Å². The molecule has 0 saturated carbocycles. The number of nitrogens with one attached hydrogen (secondary N) is 1. The summed E-state index contributed by atoms with van der Waals surface area (Å²) in [4.78, 5) is 38.9. The number of imide groups is 1. The van der Waals surface area contributed by atoms with Gasteiger partial charge < -0.3 is 0 Å². The normalized spacial score (nSPS) is 21.8. The molecule has 2 aliphatic rings. The fourth-order valence-electron chi connectivity index (χ4n) is 3.66. The summed E-state index contributed by atoms with van der Waals surface area (Å²) in [5.74, 6) is -1.77. The van der Waals surface area contributed by atoms with Crippen molar-refractivity contribution in [1.82, 2.24) is 10.4 Å². The number of thiophene rings is 1. The Bertz CT molecular complexity index is 890. The Morgan fingerprint density at radius 1 is 1.08 bits per heavy atom. The topological polar surface area (TPSA) is 66.5 Å². The van der Waals surface area contributed by atoms with E-state index in [2.05, 4.69) is 5.43 Å². The second-order valence-electron chi connectivity index (χ2n) is 6.56. The maximum Gasteiger partial charge on any atom is 0.271 e. The highest BCUT2D eigenvalue weighted by Crippen LogP contribution is 2.35. The van der Waals surface area contributed by atoms with Crippen molar-refractivity contribution in [3.8, 4) is 11.1 Å². The van der Waals surface area contributed by atoms with Crippen LogP contribution in [0.3, 0.4) is 0 Å². The molecule has 0 radical (unpaired) electrons. The van der Waals surface area contributed by atoms with Crippen LogP contribution in [0.5, 0.6) is 0 Å². The fraction of sp³-hybridized carbons (Fsp3) is 0.250. The van der Waals surface area contributed by atoms with Crippen molar-refractivity contribution >= 4 is 29.1 Å². The van der Waals surface area contributed by atoms with Crippen molar-refractivity contribution in [2.24, 2.45) is 11.8 Å². The SMILES string of the molecule is Cc1scc(C(=O)NN2C(=O)C3CC=CCC3C2=O)c1-c1ccccc1. The zero-order valence-corrected chi connectivity index (χ0v) is 15.1. The molecule has 2 atom stereocenters. The molecule has 1 aromatic carbocycles. The number of benzene rings is 1. The lowest BCUT2D eigenvalue weighted by molar-refractivity contribution is -0.142. The summed E-state index contributed by atoms with van der Waals surface area (Å²) in [6.07, 6.45) is 4.95. The number of hydrogen-bond acceptors (Lipinski definition) is 4. The molecule has 2 heterocycles. The molecule has 2 unspecified atom stereocenters. The van der Waals surface area contributed by atoms with Gasteiger partial charge in [0.15, 0.2) is 0 Å². The Morgan fingerprint density at radius 2 is 1.69 bits per heavy atom. The predicted molar refractivity (Wildman–Crippen MR) is 99.2 cm³/mol. The average Bonchev–Trinajstić information content (AvgIpc) is 3.16. The van der Waals surface area contributed by atoms with Gasteiger partial charge in [0.25, 0.3) is 17.7 Å². The van der Waals surface area contributed by atoms with E-state index in [1.807, 2.05) is 49.4 Å². The summed E-state index contributed by atoms with van der Waals surface area (Å²) in [6, 6.07) is 9.64. The van der Waals surface area contributed by atoms with Gasteiger partial charge in [0, 0.05) is 15.8 Å². The van der Waals surface area contributed by atoms with Crippen molar-refractivity contribution in [1.29, 1.82) is 0 Å². The molecule has 6 heteroatoms. The molecule has 1 saturated heterocycles. The quantitative estimate of drug-likeness (QED) is 0.669. The van der Waals surface area contributed by atoms with Gasteiger partial charge in [-0.25, -0.2) is 0 Å². The number of hydrazine groups is 1. The minimum absolute atomic E-state index is 0.314. The van der Waals surface area contributed by atoms with E-state index in [-0.39, 0.29) is 23.7 Å². The Hall–Kier alpha value is -2.73. The molecular weight excluding hydrogens is 348 g/mol. The number of carbonyl (C=O) groups excluding carboxylic acids is 3. The Labute approximate surface area is 155 Å². The molecule has 1 N–H and O–H groups in total. The van der Waals surface area contributed by atoms with E-state index in [0.29, 0.717) is 18.4 Å². The number of carbonyl (C=O) groups is 3. The highest BCUT2D eigenvalue weighted by molar-refractivity contribution is 7.10. The molecule has 1 aromatic heterocycles. The van der Waals surface area contributed by atoms with Crippen LogP contribution in [0.1, 0.15) is 28.1 Å². The zero-order valence-electron chi connectivity index (χ0n) is 14.3. The van der Waals surface area contributed by atoms with Crippen molar-refractivity contribution in [3.05, 3.63) is 58.3 Å². The number of rotatable bonds is 3. The average molecular weight is 366 g/mol. The monoisotopic (exact) mass is 366 g/mol. The van der Waals surface area contributed by atoms with Crippen LogP contribution in [-0.2, 0) is 9.59 Å². The molecule has 0 bridgehead atoms. The molecule has 26 heavy (non-hydrogen) atoms. The highest BCUT2D eigenvalue weighted by Gasteiger charge is 2.48. The summed E-state index contributed by atoms with van der Waals surface area (Å²) < 4.78 is 0. The third-order valence-corrected chi connectivity index (χ3v) is 5.91. The predicted octanol–water partition coefficient (Wildman–Crippen LogP) is 3.32. The molecule has 3 amide bonds. The summed E-state index contributed by atoms with van der Waals surface area (Å²) in [5.41, 5.74) is 4.81. The smallest absolute Gasteiger partial charge is 0.271 e. The number of hydrogen-bond donors (Lipinski definition) is 1. The molecule has 4 rings (SSSR count). The first-order chi connectivity index (χ1) is 12.6. The summed E-state index contributed by atoms with van der Waals surface area (Å²) >= 11 is 1.47. The molecule has 1 fully saturated rings. The van der Waals surface area contributed by atoms with Crippen LogP contribution in [-0.4, -0.2) is 22.7 Å². The van der Waals surface area contributed by atoms with Crippen LogP contribution >= 0.6 is 11.3 Å². The van der Waals surface area contributed by atoms with Gasteiger partial charge in [-0.2, -0.15) is 5.01 Å². The van der Waals surface area contributed by atoms with Crippen molar-refractivity contribution in [2.75, 3.05) is 0 Å². The van der Waals surface area contributed by atoms with Gasteiger partial charge in [0.2, 0.25) is 0 Å². The van der Waals surface area contributed by atoms with E-state index in [0.717, 1.165) is 21.0 Å². The largest absolute Gasteiger partial charge is 0.272 e. The number of amides is 3. The molecular formula is C20H18N2O3S. The molecule has 2 aromatic rings. The van der Waals surface area contributed by atoms with Crippen LogP contribution in [0.4, 0.5) is 0 Å². The standard InChI is InChI=1S/C20H18N2O3S/c1-12-17(13-7-3-2-4-8-13)16(11-26-12)18(23)21-22-19(24)14-9-5-6-10-15(14)20(22)25/h2-8,11,14-15H,9-10H2,1H3,(H,21,23). The van der Waals surface area contributed by atoms with E-state index >= 15 is 0 Å². The van der Waals surface area contributed by atoms with E-state index < -0.39 is 5.91 Å². The van der Waals surface area contributed by atoms with Gasteiger partial charge in [-0.15, -0.1) is 11.3 Å². The van der Waals surface area contributed by atoms with Gasteiger partial charge in [-0.3, -0.25) is 19.8 Å². The first-order valence-corrected chi connectivity index (χ1v) is 9.43. The second-order valence-corrected chi connectivity index (χ2v) is 7.64. The lowest BCUT2D eigenvalue weighted by atomic mass is 9.85. The third-order valence-electron chi connectivity index (χ3n) is 5.00. The van der Waals surface area contributed by atoms with E-state index in [9.17, 15) is 14.4 Å². The molecule has 132 valence electrons. The number of fused-ring (bicyclic) bond motifs is 1. The lowest BCUT2D eigenvalue weighted by Crippen LogP contribution is -2.46. The van der Waals surface area contributed by atoms with E-state index in [1.165, 1.54) is 11.3 Å². The number of aryl methyl sites for hydroxylation is 1. The maximum absolute atomic E-state index is 12.8. The van der Waals surface area contributed by atoms with Crippen molar-refractivity contribution < 1.29 is 14.4 Å². The minimum atomic E-state index is -0.429. The minimum Gasteiger partial charge on any atom is -0.272 e. The van der Waals surface area contributed by atoms with E-state index in [4.69, 9.17) is 0 Å². The molecule has 5 nitrogen and oxygen atoms in total. The van der Waals surface area contributed by atoms with Gasteiger partial charge in [0.05, 0.1) is 17.4 Å². The van der Waals surface area contributed by atoms with Gasteiger partial charge in [-0.05, 0) is 25.3 Å². The Morgan fingerprint density at radius 3 is 2.31 bits per heavy atom. The first-order valence-electron chi connectivity index (χ1n) is 8.55. The molecule has 0 spiro atoms. The van der Waals surface area contributed by atoms with E-state index in [1.54, 1.807) is 5.38 Å². The van der Waals surface area contributed by atoms with Crippen molar-refractivity contribution in [3.63, 3.8) is 0 Å². The van der Waals surface area contributed by atoms with Crippen LogP contribution in [0.2, 0.25) is 0 Å². The lowest BCUT2D eigenvalue weighted by Gasteiger charge is -2.16. The molecule has 1 aliphatic carbocycles. The summed E-state index contributed by atoms with van der Waals surface area (Å²) in [6.45, 7) is 1.95. The van der Waals surface area contributed by atoms with Crippen LogP contribution in [0.15, 0.2) is 47.9 Å². The zero-order chi connectivity index (χ0) is 18.3. The van der Waals surface area contributed by atoms with Crippen LogP contribution in [0, 0.1) is 18.8 Å². The number of allylic oxidation sites excluding steroid dienone is 2. The summed E-state index contributed by atoms with van der Waals surface area (Å²) in [5, 5.41) is 2.69. The first kappa shape index (κ1) is 16.7. The van der Waals surface area contributed by atoms with Crippen LogP contribution < -0.4 is 5.43 Å². The second kappa shape index (κ2) is 6.53. The third kappa shape index (κ3) is 2.66. The highest BCUT2D eigenvalue weighted by atomic mass is 32.1.